The molecule has 2 N–H and O–H groups in total. The third-order valence-electron chi connectivity index (χ3n) is 3.26. The van der Waals surface area contributed by atoms with Gasteiger partial charge in [0, 0.05) is 6.54 Å². The first-order valence-corrected chi connectivity index (χ1v) is 4.52. The maximum Gasteiger partial charge on any atom is 0.0810 e. The van der Waals surface area contributed by atoms with Gasteiger partial charge < -0.3 is 10.5 Å². The highest BCUT2D eigenvalue weighted by Gasteiger charge is 2.48. The summed E-state index contributed by atoms with van der Waals surface area (Å²) in [5.41, 5.74) is 6.24. The fraction of sp³-hybridized carbons (Fsp3) is 1.00. The molecule has 0 amide bonds. The van der Waals surface area contributed by atoms with E-state index < -0.39 is 0 Å². The highest BCUT2D eigenvalue weighted by atomic mass is 35.5. The van der Waals surface area contributed by atoms with Crippen molar-refractivity contribution in [2.45, 2.75) is 38.2 Å². The molecule has 2 unspecified atom stereocenters. The Bertz CT molecular complexity index is 176. The Balaban J connectivity index is 0.000000720. The van der Waals surface area contributed by atoms with Gasteiger partial charge in [0.1, 0.15) is 0 Å². The minimum absolute atomic E-state index is 0. The van der Waals surface area contributed by atoms with Crippen molar-refractivity contribution in [1.82, 2.24) is 0 Å². The van der Waals surface area contributed by atoms with Crippen LogP contribution in [0.3, 0.4) is 0 Å². The van der Waals surface area contributed by atoms with Gasteiger partial charge in [0.15, 0.2) is 0 Å². The summed E-state index contributed by atoms with van der Waals surface area (Å²) >= 11 is 0. The molecule has 0 spiro atoms. The maximum atomic E-state index is 5.79. The zero-order chi connectivity index (χ0) is 7.95. The Kier molecular flexibility index (Phi) is 2.72. The predicted octanol–water partition coefficient (Wildman–Crippen LogP) is 1.72. The van der Waals surface area contributed by atoms with Crippen LogP contribution in [0.1, 0.15) is 32.6 Å². The van der Waals surface area contributed by atoms with Crippen LogP contribution < -0.4 is 5.73 Å². The van der Waals surface area contributed by atoms with E-state index in [2.05, 4.69) is 6.92 Å². The molecule has 1 aliphatic carbocycles. The largest absolute Gasteiger partial charge is 0.373 e. The molecule has 2 fully saturated rings. The van der Waals surface area contributed by atoms with E-state index in [1.165, 1.54) is 25.7 Å². The Labute approximate surface area is 80.3 Å². The molecule has 1 saturated heterocycles. The van der Waals surface area contributed by atoms with Gasteiger partial charge in [-0.3, -0.25) is 0 Å². The molecule has 0 aromatic heterocycles. The van der Waals surface area contributed by atoms with E-state index >= 15 is 0 Å². The van der Waals surface area contributed by atoms with Crippen molar-refractivity contribution in [1.29, 1.82) is 0 Å². The topological polar surface area (TPSA) is 35.2 Å². The third-order valence-corrected chi connectivity index (χ3v) is 3.26. The van der Waals surface area contributed by atoms with Crippen molar-refractivity contribution in [3.05, 3.63) is 0 Å². The first kappa shape index (κ1) is 10.3. The number of nitrogens with two attached hydrogens (primary N) is 1. The molecular weight excluding hydrogens is 174 g/mol. The molecule has 0 aromatic carbocycles. The number of hydrogen-bond acceptors (Lipinski definition) is 2. The van der Waals surface area contributed by atoms with Gasteiger partial charge in [-0.15, -0.1) is 12.4 Å². The van der Waals surface area contributed by atoms with E-state index in [-0.39, 0.29) is 18.0 Å². The minimum atomic E-state index is 0. The monoisotopic (exact) mass is 191 g/mol. The van der Waals surface area contributed by atoms with E-state index in [1.807, 2.05) is 0 Å². The Hall–Kier alpha value is 0.210. The van der Waals surface area contributed by atoms with Crippen LogP contribution in [0.4, 0.5) is 0 Å². The lowest BCUT2D eigenvalue weighted by Gasteiger charge is -2.34. The predicted molar refractivity (Wildman–Crippen MR) is 51.6 cm³/mol. The van der Waals surface area contributed by atoms with E-state index in [0.717, 1.165) is 6.61 Å². The molecule has 2 bridgehead atoms. The zero-order valence-corrected chi connectivity index (χ0v) is 8.45. The summed E-state index contributed by atoms with van der Waals surface area (Å²) in [6, 6.07) is 0. The highest BCUT2D eigenvalue weighted by Crippen LogP contribution is 2.49. The molecule has 1 saturated carbocycles. The maximum absolute atomic E-state index is 5.79. The molecule has 1 aliphatic heterocycles. The van der Waals surface area contributed by atoms with Crippen LogP contribution in [-0.4, -0.2) is 18.8 Å². The first-order chi connectivity index (χ1) is 5.18. The zero-order valence-electron chi connectivity index (χ0n) is 7.64. The number of fused-ring (bicyclic) bond motifs is 2. The second-order valence-electron chi connectivity index (χ2n) is 4.52. The van der Waals surface area contributed by atoms with E-state index in [0.29, 0.717) is 12.0 Å². The fourth-order valence-corrected chi connectivity index (χ4v) is 2.60. The van der Waals surface area contributed by atoms with Crippen LogP contribution in [0.15, 0.2) is 0 Å². The first-order valence-electron chi connectivity index (χ1n) is 4.52. The Morgan fingerprint density at radius 1 is 1.42 bits per heavy atom. The van der Waals surface area contributed by atoms with Crippen LogP contribution in [0.2, 0.25) is 0 Å². The van der Waals surface area contributed by atoms with Crippen molar-refractivity contribution in [2.24, 2.45) is 11.1 Å². The van der Waals surface area contributed by atoms with Crippen LogP contribution in [0.25, 0.3) is 0 Å². The molecule has 12 heavy (non-hydrogen) atoms. The van der Waals surface area contributed by atoms with Crippen molar-refractivity contribution in [3.63, 3.8) is 0 Å². The highest BCUT2D eigenvalue weighted by molar-refractivity contribution is 5.85. The Morgan fingerprint density at radius 2 is 2.17 bits per heavy atom. The molecular formula is C9H18ClNO. The molecule has 1 heterocycles. The summed E-state index contributed by atoms with van der Waals surface area (Å²) in [6.45, 7) is 3.97. The number of halogens is 1. The number of ether oxygens (including phenoxy) is 1. The average Bonchev–Trinajstić information content (AvgIpc) is 2.24. The quantitative estimate of drug-likeness (QED) is 0.685. The van der Waals surface area contributed by atoms with Crippen LogP contribution in [0.5, 0.6) is 0 Å². The van der Waals surface area contributed by atoms with Gasteiger partial charge in [0.05, 0.1) is 12.2 Å². The molecule has 2 atom stereocenters. The summed E-state index contributed by atoms with van der Waals surface area (Å²) in [7, 11) is 0. The van der Waals surface area contributed by atoms with Crippen molar-refractivity contribution >= 4 is 12.4 Å². The summed E-state index contributed by atoms with van der Waals surface area (Å²) < 4.78 is 5.79. The average molecular weight is 192 g/mol. The van der Waals surface area contributed by atoms with Crippen molar-refractivity contribution < 1.29 is 4.74 Å². The van der Waals surface area contributed by atoms with Crippen LogP contribution >= 0.6 is 12.4 Å². The van der Waals surface area contributed by atoms with Gasteiger partial charge in [0.2, 0.25) is 0 Å². The summed E-state index contributed by atoms with van der Waals surface area (Å²) in [6.07, 6.45) is 5.00. The van der Waals surface area contributed by atoms with Crippen LogP contribution in [-0.2, 0) is 4.74 Å². The molecule has 2 aliphatic rings. The lowest BCUT2D eigenvalue weighted by atomic mass is 9.72. The second-order valence-corrected chi connectivity index (χ2v) is 4.52. The van der Waals surface area contributed by atoms with Gasteiger partial charge in [-0.25, -0.2) is 0 Å². The smallest absolute Gasteiger partial charge is 0.0810 e. The summed E-state index contributed by atoms with van der Waals surface area (Å²) in [5, 5.41) is 0. The number of rotatable bonds is 1. The fourth-order valence-electron chi connectivity index (χ4n) is 2.60. The van der Waals surface area contributed by atoms with Crippen LogP contribution in [0, 0.1) is 5.41 Å². The summed E-state index contributed by atoms with van der Waals surface area (Å²) in [5.74, 6) is 0. The van der Waals surface area contributed by atoms with Crippen molar-refractivity contribution in [2.75, 3.05) is 13.2 Å². The van der Waals surface area contributed by atoms with Gasteiger partial charge >= 0.3 is 0 Å². The van der Waals surface area contributed by atoms with Gasteiger partial charge in [0.25, 0.3) is 0 Å². The standard InChI is InChI=1S/C9H17NO.ClH/c1-8-3-2-4-9(5-8,6-10)11-7-8;/h2-7,10H2,1H3;1H. The summed E-state index contributed by atoms with van der Waals surface area (Å²) in [4.78, 5) is 0. The van der Waals surface area contributed by atoms with E-state index in [4.69, 9.17) is 10.5 Å². The molecule has 2 nitrogen and oxygen atoms in total. The molecule has 3 heteroatoms. The number of hydrogen-bond donors (Lipinski definition) is 1. The second kappa shape index (κ2) is 3.17. The van der Waals surface area contributed by atoms with Gasteiger partial charge in [-0.05, 0) is 31.1 Å². The molecule has 0 aromatic rings. The Morgan fingerprint density at radius 3 is 2.75 bits per heavy atom. The molecule has 2 rings (SSSR count). The van der Waals surface area contributed by atoms with Gasteiger partial charge in [-0.2, -0.15) is 0 Å². The van der Waals surface area contributed by atoms with Crippen molar-refractivity contribution in [3.8, 4) is 0 Å². The lowest BCUT2D eigenvalue weighted by molar-refractivity contribution is 0.00615. The van der Waals surface area contributed by atoms with E-state index in [9.17, 15) is 0 Å². The normalized spacial score (nSPS) is 45.5. The lowest BCUT2D eigenvalue weighted by Crippen LogP contribution is -2.40. The third kappa shape index (κ3) is 1.48. The minimum Gasteiger partial charge on any atom is -0.373 e. The molecule has 0 radical (unpaired) electrons. The SMILES string of the molecule is CC12CCCC(CN)(C1)OC2.Cl. The van der Waals surface area contributed by atoms with Gasteiger partial charge in [-0.1, -0.05) is 6.92 Å². The molecule has 72 valence electrons. The van der Waals surface area contributed by atoms with E-state index in [1.54, 1.807) is 0 Å².